The molecule has 1 rings (SSSR count). The molecule has 1 aromatic carbocycles. The predicted molar refractivity (Wildman–Crippen MR) is 69.2 cm³/mol. The summed E-state index contributed by atoms with van der Waals surface area (Å²) in [5.41, 5.74) is 6.31. The number of rotatable bonds is 6. The Morgan fingerprint density at radius 2 is 1.88 bits per heavy atom. The van der Waals surface area contributed by atoms with E-state index in [2.05, 4.69) is 0 Å². The maximum atomic E-state index is 11.9. The molecule has 3 nitrogen and oxygen atoms in total. The SMILES string of the molecule is COc1ccc(CCC(=O)C(C)(C)CN)cc1. The fourth-order valence-corrected chi connectivity index (χ4v) is 1.50. The molecule has 0 saturated carbocycles. The molecule has 0 saturated heterocycles. The molecule has 0 radical (unpaired) electrons. The Hall–Kier alpha value is -1.35. The van der Waals surface area contributed by atoms with Gasteiger partial charge in [0, 0.05) is 18.4 Å². The van der Waals surface area contributed by atoms with Gasteiger partial charge in [-0.25, -0.2) is 0 Å². The highest BCUT2D eigenvalue weighted by molar-refractivity contribution is 5.84. The second-order valence-electron chi connectivity index (χ2n) is 4.86. The van der Waals surface area contributed by atoms with Crippen molar-refractivity contribution in [1.29, 1.82) is 0 Å². The van der Waals surface area contributed by atoms with Crippen LogP contribution in [0.15, 0.2) is 24.3 Å². The topological polar surface area (TPSA) is 52.3 Å². The van der Waals surface area contributed by atoms with Crippen molar-refractivity contribution in [2.24, 2.45) is 11.1 Å². The summed E-state index contributed by atoms with van der Waals surface area (Å²) in [6, 6.07) is 7.80. The normalized spacial score (nSPS) is 11.3. The minimum Gasteiger partial charge on any atom is -0.497 e. The van der Waals surface area contributed by atoms with Crippen molar-refractivity contribution >= 4 is 5.78 Å². The number of carbonyl (C=O) groups excluding carboxylic acids is 1. The second-order valence-corrected chi connectivity index (χ2v) is 4.86. The first kappa shape index (κ1) is 13.7. The van der Waals surface area contributed by atoms with Crippen LogP contribution in [-0.4, -0.2) is 19.4 Å². The Labute approximate surface area is 103 Å². The molecular formula is C14H21NO2. The van der Waals surface area contributed by atoms with Crippen molar-refractivity contribution in [3.8, 4) is 5.75 Å². The number of benzene rings is 1. The van der Waals surface area contributed by atoms with Crippen molar-refractivity contribution in [3.05, 3.63) is 29.8 Å². The number of ether oxygens (including phenoxy) is 1. The number of methoxy groups -OCH3 is 1. The molecule has 0 aliphatic heterocycles. The molecule has 17 heavy (non-hydrogen) atoms. The largest absolute Gasteiger partial charge is 0.497 e. The maximum Gasteiger partial charge on any atom is 0.140 e. The van der Waals surface area contributed by atoms with E-state index < -0.39 is 5.41 Å². The van der Waals surface area contributed by atoms with Gasteiger partial charge in [0.25, 0.3) is 0 Å². The highest BCUT2D eigenvalue weighted by Gasteiger charge is 2.24. The lowest BCUT2D eigenvalue weighted by Crippen LogP contribution is -2.32. The van der Waals surface area contributed by atoms with Gasteiger partial charge in [0.05, 0.1) is 7.11 Å². The third kappa shape index (κ3) is 3.86. The van der Waals surface area contributed by atoms with Crippen LogP contribution in [0.3, 0.4) is 0 Å². The Kier molecular flexibility index (Phi) is 4.70. The standard InChI is InChI=1S/C14H21NO2/c1-14(2,10-15)13(16)9-6-11-4-7-12(17-3)8-5-11/h4-5,7-8H,6,9-10,15H2,1-3H3. The summed E-state index contributed by atoms with van der Waals surface area (Å²) < 4.78 is 5.08. The Morgan fingerprint density at radius 3 is 2.35 bits per heavy atom. The van der Waals surface area contributed by atoms with Crippen LogP contribution in [0, 0.1) is 5.41 Å². The smallest absolute Gasteiger partial charge is 0.140 e. The molecule has 0 atom stereocenters. The number of Topliss-reactive ketones (excluding diaryl/α,β-unsaturated/α-hetero) is 1. The minimum atomic E-state index is -0.410. The molecular weight excluding hydrogens is 214 g/mol. The van der Waals surface area contributed by atoms with E-state index in [1.807, 2.05) is 38.1 Å². The molecule has 0 bridgehead atoms. The molecule has 94 valence electrons. The average Bonchev–Trinajstić information content (AvgIpc) is 2.36. The van der Waals surface area contributed by atoms with Gasteiger partial charge >= 0.3 is 0 Å². The lowest BCUT2D eigenvalue weighted by Gasteiger charge is -2.20. The van der Waals surface area contributed by atoms with E-state index in [1.54, 1.807) is 7.11 Å². The van der Waals surface area contributed by atoms with Crippen LogP contribution >= 0.6 is 0 Å². The first-order chi connectivity index (χ1) is 7.99. The number of aryl methyl sites for hydroxylation is 1. The van der Waals surface area contributed by atoms with Crippen molar-refractivity contribution in [1.82, 2.24) is 0 Å². The van der Waals surface area contributed by atoms with Crippen LogP contribution in [0.5, 0.6) is 5.75 Å². The third-order valence-corrected chi connectivity index (χ3v) is 3.06. The zero-order valence-electron chi connectivity index (χ0n) is 10.8. The van der Waals surface area contributed by atoms with Gasteiger partial charge in [-0.1, -0.05) is 26.0 Å². The highest BCUT2D eigenvalue weighted by atomic mass is 16.5. The van der Waals surface area contributed by atoms with Gasteiger partial charge < -0.3 is 10.5 Å². The third-order valence-electron chi connectivity index (χ3n) is 3.06. The second kappa shape index (κ2) is 5.82. The lowest BCUT2D eigenvalue weighted by atomic mass is 9.85. The number of carbonyl (C=O) groups is 1. The molecule has 3 heteroatoms. The lowest BCUT2D eigenvalue weighted by molar-refractivity contribution is -0.126. The summed E-state index contributed by atoms with van der Waals surface area (Å²) in [6.45, 7) is 4.18. The van der Waals surface area contributed by atoms with Crippen LogP contribution < -0.4 is 10.5 Å². The molecule has 0 unspecified atom stereocenters. The molecule has 0 aliphatic rings. The molecule has 0 heterocycles. The fourth-order valence-electron chi connectivity index (χ4n) is 1.50. The molecule has 2 N–H and O–H groups in total. The van der Waals surface area contributed by atoms with E-state index in [1.165, 1.54) is 0 Å². The van der Waals surface area contributed by atoms with E-state index >= 15 is 0 Å². The van der Waals surface area contributed by atoms with Crippen LogP contribution in [-0.2, 0) is 11.2 Å². The Bertz CT molecular complexity index is 368. The van der Waals surface area contributed by atoms with Gasteiger partial charge in [0.2, 0.25) is 0 Å². The molecule has 0 spiro atoms. The maximum absolute atomic E-state index is 11.9. The summed E-state index contributed by atoms with van der Waals surface area (Å²) in [5, 5.41) is 0. The summed E-state index contributed by atoms with van der Waals surface area (Å²) in [7, 11) is 1.64. The molecule has 0 aliphatic carbocycles. The van der Waals surface area contributed by atoms with Crippen molar-refractivity contribution < 1.29 is 9.53 Å². The first-order valence-corrected chi connectivity index (χ1v) is 5.86. The van der Waals surface area contributed by atoms with Gasteiger partial charge in [-0.3, -0.25) is 4.79 Å². The fraction of sp³-hybridized carbons (Fsp3) is 0.500. The first-order valence-electron chi connectivity index (χ1n) is 5.86. The molecule has 1 aromatic rings. The van der Waals surface area contributed by atoms with E-state index in [0.29, 0.717) is 13.0 Å². The number of nitrogens with two attached hydrogens (primary N) is 1. The van der Waals surface area contributed by atoms with Gasteiger partial charge in [-0.2, -0.15) is 0 Å². The van der Waals surface area contributed by atoms with Crippen LogP contribution in [0.1, 0.15) is 25.8 Å². The van der Waals surface area contributed by atoms with Crippen LogP contribution in [0.25, 0.3) is 0 Å². The monoisotopic (exact) mass is 235 g/mol. The van der Waals surface area contributed by atoms with E-state index in [0.717, 1.165) is 17.7 Å². The quantitative estimate of drug-likeness (QED) is 0.822. The van der Waals surface area contributed by atoms with Gasteiger partial charge in [0.1, 0.15) is 11.5 Å². The molecule has 0 amide bonds. The van der Waals surface area contributed by atoms with Crippen LogP contribution in [0.4, 0.5) is 0 Å². The summed E-state index contributed by atoms with van der Waals surface area (Å²) >= 11 is 0. The van der Waals surface area contributed by atoms with Crippen molar-refractivity contribution in [3.63, 3.8) is 0 Å². The van der Waals surface area contributed by atoms with Gasteiger partial charge in [-0.05, 0) is 24.1 Å². The number of ketones is 1. The Morgan fingerprint density at radius 1 is 1.29 bits per heavy atom. The summed E-state index contributed by atoms with van der Waals surface area (Å²) in [4.78, 5) is 11.9. The van der Waals surface area contributed by atoms with Gasteiger partial charge in [0.15, 0.2) is 0 Å². The van der Waals surface area contributed by atoms with Crippen molar-refractivity contribution in [2.75, 3.05) is 13.7 Å². The van der Waals surface area contributed by atoms with Crippen LogP contribution in [0.2, 0.25) is 0 Å². The van der Waals surface area contributed by atoms with E-state index in [4.69, 9.17) is 10.5 Å². The van der Waals surface area contributed by atoms with Gasteiger partial charge in [-0.15, -0.1) is 0 Å². The number of hydrogen-bond donors (Lipinski definition) is 1. The van der Waals surface area contributed by atoms with E-state index in [-0.39, 0.29) is 5.78 Å². The van der Waals surface area contributed by atoms with Crippen molar-refractivity contribution in [2.45, 2.75) is 26.7 Å². The highest BCUT2D eigenvalue weighted by Crippen LogP contribution is 2.19. The molecule has 0 fully saturated rings. The number of hydrogen-bond acceptors (Lipinski definition) is 3. The molecule has 0 aromatic heterocycles. The summed E-state index contributed by atoms with van der Waals surface area (Å²) in [6.07, 6.45) is 1.29. The zero-order chi connectivity index (χ0) is 12.9. The Balaban J connectivity index is 2.53. The predicted octanol–water partition coefficient (Wildman–Crippen LogP) is 2.18. The average molecular weight is 235 g/mol. The summed E-state index contributed by atoms with van der Waals surface area (Å²) in [5.74, 6) is 1.05. The van der Waals surface area contributed by atoms with E-state index in [9.17, 15) is 4.79 Å². The minimum absolute atomic E-state index is 0.218. The zero-order valence-corrected chi connectivity index (χ0v) is 10.8.